The largest absolute Gasteiger partial charge is 0.278 e. The van der Waals surface area contributed by atoms with Gasteiger partial charge in [-0.25, -0.2) is 0 Å². The van der Waals surface area contributed by atoms with Gasteiger partial charge in [0.2, 0.25) is 11.9 Å². The smallest absolute Gasteiger partial charge is 0.240 e. The molecule has 0 unspecified atom stereocenters. The average molecular weight is 752 g/mol. The zero-order chi connectivity index (χ0) is 58.3. The van der Waals surface area contributed by atoms with Crippen molar-refractivity contribution in [3.63, 3.8) is 0 Å². The van der Waals surface area contributed by atoms with Gasteiger partial charge in [0.25, 0.3) is 0 Å². The maximum atomic E-state index is 9.28. The molecule has 8 aromatic carbocycles. The van der Waals surface area contributed by atoms with E-state index in [9.17, 15) is 5.48 Å². The molecule has 11 aromatic rings. The molecule has 3 heterocycles. The van der Waals surface area contributed by atoms with Crippen LogP contribution in [0.25, 0.3) is 89.2 Å². The van der Waals surface area contributed by atoms with Crippen LogP contribution in [0.2, 0.25) is 0 Å². The van der Waals surface area contributed by atoms with Crippen molar-refractivity contribution in [1.82, 2.24) is 24.1 Å². The van der Waals surface area contributed by atoms with Crippen molar-refractivity contribution in [2.24, 2.45) is 0 Å². The van der Waals surface area contributed by atoms with Crippen LogP contribution in [0.3, 0.4) is 0 Å². The van der Waals surface area contributed by atoms with E-state index in [0.29, 0.717) is 16.7 Å². The lowest BCUT2D eigenvalue weighted by molar-refractivity contribution is 0.893. The first kappa shape index (κ1) is 16.2. The molecule has 3 aromatic heterocycles. The molecule has 0 saturated heterocycles. The Labute approximate surface area is 362 Å². The highest BCUT2D eigenvalue weighted by molar-refractivity contribution is 6.10. The van der Waals surface area contributed by atoms with Crippen LogP contribution in [0.1, 0.15) is 55.5 Å². The Bertz CT molecular complexity index is 4380. The normalized spacial score (nSPS) is 18.4. The zero-order valence-corrected chi connectivity index (χ0v) is 28.9. The molecular weight excluding hydrogens is 695 g/mol. The summed E-state index contributed by atoms with van der Waals surface area (Å²) in [5.41, 5.74) is -0.802. The summed E-state index contributed by atoms with van der Waals surface area (Å²) in [5.74, 6) is -2.73. The molecule has 0 amide bonds. The van der Waals surface area contributed by atoms with Gasteiger partial charge in [-0.15, -0.1) is 0 Å². The van der Waals surface area contributed by atoms with Crippen molar-refractivity contribution < 1.29 is 32.9 Å². The van der Waals surface area contributed by atoms with E-state index in [1.165, 1.54) is 0 Å². The summed E-state index contributed by atoms with van der Waals surface area (Å²) >= 11 is 0. The highest BCUT2D eigenvalue weighted by atomic mass is 15.3. The van der Waals surface area contributed by atoms with E-state index >= 15 is 0 Å². The number of rotatable bonds is 5. The van der Waals surface area contributed by atoms with E-state index < -0.39 is 185 Å². The fourth-order valence-corrected chi connectivity index (χ4v) is 7.68. The summed E-state index contributed by atoms with van der Waals surface area (Å²) < 4.78 is 216. The molecule has 0 fully saturated rings. The third kappa shape index (κ3) is 4.79. The maximum Gasteiger partial charge on any atom is 0.240 e. The molecule has 12 rings (SSSR count). The topological polar surface area (TPSA) is 48.5 Å². The summed E-state index contributed by atoms with van der Waals surface area (Å²) in [4.78, 5) is 14.5. The van der Waals surface area contributed by atoms with Gasteiger partial charge in [-0.05, 0) is 63.1 Å². The predicted octanol–water partition coefficient (Wildman–Crippen LogP) is 12.6. The number of fused-ring (bicyclic) bond motifs is 9. The lowest BCUT2D eigenvalue weighted by Gasteiger charge is -2.17. The second-order valence-corrected chi connectivity index (χ2v) is 13.0. The molecule has 266 valence electrons. The Hall–Kier alpha value is -7.63. The minimum absolute atomic E-state index is 0.00410. The molecule has 1 aliphatic carbocycles. The van der Waals surface area contributed by atoms with Crippen LogP contribution in [0.4, 0.5) is 0 Å². The van der Waals surface area contributed by atoms with Crippen LogP contribution >= 0.6 is 0 Å². The van der Waals surface area contributed by atoms with E-state index in [1.54, 1.807) is 48.5 Å². The van der Waals surface area contributed by atoms with Crippen molar-refractivity contribution in [3.05, 3.63) is 210 Å². The van der Waals surface area contributed by atoms with Crippen molar-refractivity contribution in [2.45, 2.75) is 5.92 Å². The van der Waals surface area contributed by atoms with E-state index in [4.69, 9.17) is 42.4 Å². The molecule has 5 nitrogen and oxygen atoms in total. The summed E-state index contributed by atoms with van der Waals surface area (Å²) in [6, 6.07) is -3.23. The second kappa shape index (κ2) is 12.4. The fourth-order valence-electron chi connectivity index (χ4n) is 7.68. The summed E-state index contributed by atoms with van der Waals surface area (Å²) in [6.07, 6.45) is 0. The van der Waals surface area contributed by atoms with Gasteiger partial charge >= 0.3 is 0 Å². The molecule has 0 saturated carbocycles. The molecule has 0 bridgehead atoms. The van der Waals surface area contributed by atoms with Crippen LogP contribution in [-0.4, -0.2) is 24.1 Å². The second-order valence-electron chi connectivity index (χ2n) is 13.0. The summed E-state index contributed by atoms with van der Waals surface area (Å²) in [5, 5.41) is -1.41. The Kier molecular flexibility index (Phi) is 3.54. The number of benzene rings is 8. The number of aromatic nitrogens is 5. The molecule has 0 N–H and O–H groups in total. The highest BCUT2D eigenvalue weighted by Crippen LogP contribution is 2.48. The molecular formula is C52H33N5. The van der Waals surface area contributed by atoms with Crippen LogP contribution < -0.4 is 0 Å². The zero-order valence-electron chi connectivity index (χ0n) is 52.9. The van der Waals surface area contributed by atoms with E-state index in [2.05, 4.69) is 0 Å². The first-order chi connectivity index (χ1) is 38.3. The molecule has 5 heteroatoms. The SMILES string of the molecule is [2H]c1c([2H])c([2H])c2c(c1[2H])-c1c([2H])c([2H])c([2H])c([2H])c1C2c1cccc(-c2ccccc2-c2nc(-n3c4c([2H])c([2H])c([2H])c([2H])c4c4c([2H])c([2H])c([2H])c([2H])c43)nc(-n3c4c([2H])c([2H])c([2H])c([2H])c4c4c([2H])c([2H])c([2H])c([2H])c43)n2)c1. The van der Waals surface area contributed by atoms with Crippen molar-refractivity contribution in [2.75, 3.05) is 0 Å². The number of para-hydroxylation sites is 4. The van der Waals surface area contributed by atoms with Gasteiger partial charge in [-0.3, -0.25) is 9.13 Å². The molecule has 57 heavy (non-hydrogen) atoms. The van der Waals surface area contributed by atoms with Gasteiger partial charge in [-0.1, -0.05) is 169 Å². The lowest BCUT2D eigenvalue weighted by atomic mass is 9.87. The van der Waals surface area contributed by atoms with Crippen LogP contribution in [0.5, 0.6) is 0 Å². The highest BCUT2D eigenvalue weighted by Gasteiger charge is 2.30. The Morgan fingerprint density at radius 2 is 0.842 bits per heavy atom. The first-order valence-electron chi connectivity index (χ1n) is 29.4. The number of hydrogen-bond donors (Lipinski definition) is 0. The van der Waals surface area contributed by atoms with Gasteiger partial charge < -0.3 is 0 Å². The van der Waals surface area contributed by atoms with E-state index in [1.807, 2.05) is 0 Å². The van der Waals surface area contributed by atoms with Crippen LogP contribution in [0.15, 0.2) is 194 Å². The monoisotopic (exact) mass is 751 g/mol. The number of hydrogen-bond acceptors (Lipinski definition) is 3. The molecule has 0 radical (unpaired) electrons. The van der Waals surface area contributed by atoms with E-state index in [0.717, 1.165) is 9.13 Å². The standard InChI is InChI=1S/C52H33N5/c1-6-27-44(35(18-1)33-16-15-17-34(32-33)49-42-25-4-2-19-36(42)37-20-3-5-26-43(37)49)50-53-51(56-45-28-11-7-21-38(45)39-22-8-12-29-46(39)56)55-52(54-50)57-47-30-13-9-23-40(47)41-24-10-14-31-48(41)57/h1-32,49H/i2D,3D,4D,5D,7D,8D,9D,10D,11D,12D,13D,14D,19D,20D,21D,22D,23D,24D,25D,26D,28D,29D,30D,31D. The third-order valence-corrected chi connectivity index (χ3v) is 10.0. The van der Waals surface area contributed by atoms with Gasteiger partial charge in [-0.2, -0.15) is 15.0 Å². The van der Waals surface area contributed by atoms with Crippen LogP contribution in [-0.2, 0) is 0 Å². The van der Waals surface area contributed by atoms with Crippen molar-refractivity contribution >= 4 is 43.6 Å². The third-order valence-electron chi connectivity index (χ3n) is 10.0. The Balaban J connectivity index is 1.22. The number of nitrogens with zero attached hydrogens (tertiary/aromatic N) is 5. The minimum Gasteiger partial charge on any atom is -0.278 e. The molecule has 0 aliphatic heterocycles. The Morgan fingerprint density at radius 3 is 1.35 bits per heavy atom. The van der Waals surface area contributed by atoms with Crippen LogP contribution in [0, 0.1) is 0 Å². The van der Waals surface area contributed by atoms with Gasteiger partial charge in [0, 0.05) is 33.0 Å². The van der Waals surface area contributed by atoms with Gasteiger partial charge in [0.05, 0.1) is 55.0 Å². The molecule has 0 spiro atoms. The summed E-state index contributed by atoms with van der Waals surface area (Å²) in [7, 11) is 0. The summed E-state index contributed by atoms with van der Waals surface area (Å²) in [6.45, 7) is 0. The average Bonchev–Trinajstić information content (AvgIpc) is 4.24. The molecule has 1 aliphatic rings. The Morgan fingerprint density at radius 1 is 0.404 bits per heavy atom. The first-order valence-corrected chi connectivity index (χ1v) is 17.4. The maximum absolute atomic E-state index is 9.28. The van der Waals surface area contributed by atoms with Gasteiger partial charge in [0.15, 0.2) is 5.82 Å². The van der Waals surface area contributed by atoms with Gasteiger partial charge in [0.1, 0.15) is 0 Å². The molecule has 0 atom stereocenters. The lowest BCUT2D eigenvalue weighted by Crippen LogP contribution is -2.10. The fraction of sp³-hybridized carbons (Fsp3) is 0.0192. The van der Waals surface area contributed by atoms with Crippen molar-refractivity contribution in [3.8, 4) is 45.5 Å². The van der Waals surface area contributed by atoms with E-state index in [-0.39, 0.29) is 55.2 Å². The quantitative estimate of drug-likeness (QED) is 0.176. The van der Waals surface area contributed by atoms with Crippen molar-refractivity contribution in [1.29, 1.82) is 0 Å². The predicted molar refractivity (Wildman–Crippen MR) is 232 cm³/mol. The minimum atomic E-state index is -1.19.